The van der Waals surface area contributed by atoms with Gasteiger partial charge in [0, 0.05) is 24.3 Å². The summed E-state index contributed by atoms with van der Waals surface area (Å²) < 4.78 is 4.93. The maximum absolute atomic E-state index is 12.0. The molecule has 0 spiro atoms. The van der Waals surface area contributed by atoms with E-state index in [4.69, 9.17) is 4.74 Å². The van der Waals surface area contributed by atoms with Crippen molar-refractivity contribution in [2.45, 2.75) is 40.2 Å². The molecule has 7 heteroatoms. The number of carbonyl (C=O) groups excluding carboxylic acids is 3. The number of urea groups is 1. The number of imide groups is 1. The first-order valence-corrected chi connectivity index (χ1v) is 8.30. The van der Waals surface area contributed by atoms with E-state index in [2.05, 4.69) is 29.4 Å². The Hall–Kier alpha value is -2.57. The number of hydrogen-bond acceptors (Lipinski definition) is 5. The van der Waals surface area contributed by atoms with Crippen molar-refractivity contribution in [3.05, 3.63) is 29.8 Å². The minimum Gasteiger partial charge on any atom is -0.452 e. The summed E-state index contributed by atoms with van der Waals surface area (Å²) in [5.41, 5.74) is 0.897. The molecule has 0 atom stereocenters. The van der Waals surface area contributed by atoms with Gasteiger partial charge in [0.1, 0.15) is 0 Å². The van der Waals surface area contributed by atoms with E-state index in [1.807, 2.05) is 12.1 Å². The number of esters is 1. The molecular weight excluding hydrogens is 322 g/mol. The fourth-order valence-corrected chi connectivity index (χ4v) is 2.15. The molecule has 0 aliphatic heterocycles. The number of ether oxygens (including phenoxy) is 1. The van der Waals surface area contributed by atoms with Gasteiger partial charge in [0.05, 0.1) is 5.56 Å². The maximum Gasteiger partial charge on any atom is 0.338 e. The molecule has 138 valence electrons. The van der Waals surface area contributed by atoms with E-state index in [0.29, 0.717) is 5.56 Å². The van der Waals surface area contributed by atoms with Crippen LogP contribution >= 0.6 is 0 Å². The predicted molar refractivity (Wildman–Crippen MR) is 96.7 cm³/mol. The second-order valence-electron chi connectivity index (χ2n) is 6.55. The first-order valence-electron chi connectivity index (χ1n) is 8.30. The standard InChI is InChI=1S/C18H27N3O4/c1-6-21(7-2)14-10-8-13(9-11-14)16(23)25-12-15(22)19-17(24)20-18(3,4)5/h8-11H,6-7,12H2,1-5H3,(H2,19,20,22,24). The van der Waals surface area contributed by atoms with E-state index >= 15 is 0 Å². The van der Waals surface area contributed by atoms with Crippen LogP contribution in [0.4, 0.5) is 10.5 Å². The van der Waals surface area contributed by atoms with Gasteiger partial charge >= 0.3 is 12.0 Å². The van der Waals surface area contributed by atoms with E-state index in [1.54, 1.807) is 32.9 Å². The quantitative estimate of drug-likeness (QED) is 0.770. The van der Waals surface area contributed by atoms with Gasteiger partial charge in [0.25, 0.3) is 5.91 Å². The number of hydrogen-bond donors (Lipinski definition) is 2. The van der Waals surface area contributed by atoms with E-state index in [-0.39, 0.29) is 0 Å². The van der Waals surface area contributed by atoms with Crippen LogP contribution in [0.2, 0.25) is 0 Å². The number of anilines is 1. The lowest BCUT2D eigenvalue weighted by atomic mass is 10.1. The second-order valence-corrected chi connectivity index (χ2v) is 6.55. The van der Waals surface area contributed by atoms with Crippen LogP contribution in [0.1, 0.15) is 45.0 Å². The molecule has 0 radical (unpaired) electrons. The minimum absolute atomic E-state index is 0.350. The van der Waals surface area contributed by atoms with Crippen LogP contribution in [0.15, 0.2) is 24.3 Å². The lowest BCUT2D eigenvalue weighted by molar-refractivity contribution is -0.123. The van der Waals surface area contributed by atoms with Crippen molar-refractivity contribution in [3.63, 3.8) is 0 Å². The van der Waals surface area contributed by atoms with Crippen LogP contribution in [0, 0.1) is 0 Å². The second kappa shape index (κ2) is 9.05. The summed E-state index contributed by atoms with van der Waals surface area (Å²) in [6, 6.07) is 6.35. The number of carbonyl (C=O) groups is 3. The number of rotatable bonds is 6. The summed E-state index contributed by atoms with van der Waals surface area (Å²) in [5.74, 6) is -1.30. The lowest BCUT2D eigenvalue weighted by Gasteiger charge is -2.21. The zero-order valence-corrected chi connectivity index (χ0v) is 15.5. The molecule has 0 unspecified atom stereocenters. The van der Waals surface area contributed by atoms with Crippen LogP contribution in [-0.2, 0) is 9.53 Å². The molecule has 1 aromatic rings. The van der Waals surface area contributed by atoms with E-state index in [0.717, 1.165) is 18.8 Å². The molecule has 3 amide bonds. The molecule has 7 nitrogen and oxygen atoms in total. The molecule has 0 fully saturated rings. The summed E-state index contributed by atoms with van der Waals surface area (Å²) in [4.78, 5) is 37.3. The fourth-order valence-electron chi connectivity index (χ4n) is 2.15. The Labute approximate surface area is 148 Å². The van der Waals surface area contributed by atoms with Crippen LogP contribution in [-0.4, -0.2) is 43.1 Å². The van der Waals surface area contributed by atoms with Crippen molar-refractivity contribution < 1.29 is 19.1 Å². The number of nitrogens with zero attached hydrogens (tertiary/aromatic N) is 1. The van der Waals surface area contributed by atoms with Crippen molar-refractivity contribution >= 4 is 23.6 Å². The molecule has 0 aliphatic carbocycles. The van der Waals surface area contributed by atoms with Crippen LogP contribution in [0.25, 0.3) is 0 Å². The summed E-state index contributed by atoms with van der Waals surface area (Å²) in [7, 11) is 0. The zero-order valence-electron chi connectivity index (χ0n) is 15.5. The third kappa shape index (κ3) is 7.24. The molecule has 25 heavy (non-hydrogen) atoms. The predicted octanol–water partition coefficient (Wildman–Crippen LogP) is 2.31. The third-order valence-corrected chi connectivity index (χ3v) is 3.31. The monoisotopic (exact) mass is 349 g/mol. The molecule has 0 saturated carbocycles. The first-order chi connectivity index (χ1) is 11.7. The number of nitrogens with one attached hydrogen (secondary N) is 2. The minimum atomic E-state index is -0.685. The Morgan fingerprint density at radius 1 is 1.04 bits per heavy atom. The number of benzene rings is 1. The molecule has 0 bridgehead atoms. The highest BCUT2D eigenvalue weighted by Gasteiger charge is 2.17. The summed E-state index contributed by atoms with van der Waals surface area (Å²) >= 11 is 0. The van der Waals surface area contributed by atoms with Crippen molar-refractivity contribution in [2.75, 3.05) is 24.6 Å². The van der Waals surface area contributed by atoms with Gasteiger partial charge in [-0.05, 0) is 58.9 Å². The Morgan fingerprint density at radius 2 is 1.60 bits per heavy atom. The molecule has 0 saturated heterocycles. The largest absolute Gasteiger partial charge is 0.452 e. The van der Waals surface area contributed by atoms with Gasteiger partial charge in [-0.1, -0.05) is 0 Å². The van der Waals surface area contributed by atoms with Gasteiger partial charge in [-0.3, -0.25) is 10.1 Å². The van der Waals surface area contributed by atoms with Crippen LogP contribution in [0.5, 0.6) is 0 Å². The molecule has 1 aromatic carbocycles. The highest BCUT2D eigenvalue weighted by Crippen LogP contribution is 2.15. The fraction of sp³-hybridized carbons (Fsp3) is 0.500. The molecule has 0 aromatic heterocycles. The van der Waals surface area contributed by atoms with E-state index in [9.17, 15) is 14.4 Å². The molecule has 2 N–H and O–H groups in total. The van der Waals surface area contributed by atoms with E-state index in [1.165, 1.54) is 0 Å². The SMILES string of the molecule is CCN(CC)c1ccc(C(=O)OCC(=O)NC(=O)NC(C)(C)C)cc1. The Balaban J connectivity index is 2.51. The highest BCUT2D eigenvalue weighted by atomic mass is 16.5. The summed E-state index contributed by atoms with van der Waals surface area (Å²) in [6.45, 7) is 10.7. The zero-order chi connectivity index (χ0) is 19.0. The van der Waals surface area contributed by atoms with Crippen molar-refractivity contribution in [3.8, 4) is 0 Å². The lowest BCUT2D eigenvalue weighted by Crippen LogP contribution is -2.49. The van der Waals surface area contributed by atoms with Gasteiger partial charge in [0.2, 0.25) is 0 Å². The van der Waals surface area contributed by atoms with E-state index < -0.39 is 30.1 Å². The van der Waals surface area contributed by atoms with Crippen molar-refractivity contribution in [1.82, 2.24) is 10.6 Å². The topological polar surface area (TPSA) is 87.7 Å². The average molecular weight is 349 g/mol. The van der Waals surface area contributed by atoms with Gasteiger partial charge < -0.3 is 15.0 Å². The molecule has 0 heterocycles. The maximum atomic E-state index is 12.0. The first kappa shape index (κ1) is 20.5. The van der Waals surface area contributed by atoms with Gasteiger partial charge in [-0.15, -0.1) is 0 Å². The van der Waals surface area contributed by atoms with Crippen LogP contribution < -0.4 is 15.5 Å². The average Bonchev–Trinajstić information content (AvgIpc) is 2.52. The molecular formula is C18H27N3O4. The smallest absolute Gasteiger partial charge is 0.338 e. The summed E-state index contributed by atoms with van der Waals surface area (Å²) in [5, 5.41) is 4.69. The highest BCUT2D eigenvalue weighted by molar-refractivity contribution is 5.97. The molecule has 0 aliphatic rings. The van der Waals surface area contributed by atoms with Crippen LogP contribution in [0.3, 0.4) is 0 Å². The van der Waals surface area contributed by atoms with Gasteiger partial charge in [0.15, 0.2) is 6.61 Å². The summed E-state index contributed by atoms with van der Waals surface area (Å²) in [6.07, 6.45) is 0. The van der Waals surface area contributed by atoms with Gasteiger partial charge in [-0.25, -0.2) is 9.59 Å². The molecule has 1 rings (SSSR count). The Kier molecular flexibility index (Phi) is 7.42. The van der Waals surface area contributed by atoms with Crippen molar-refractivity contribution in [2.24, 2.45) is 0 Å². The number of amides is 3. The Bertz CT molecular complexity index is 602. The van der Waals surface area contributed by atoms with Gasteiger partial charge in [-0.2, -0.15) is 0 Å². The van der Waals surface area contributed by atoms with Crippen molar-refractivity contribution in [1.29, 1.82) is 0 Å². The Morgan fingerprint density at radius 3 is 2.08 bits per heavy atom. The normalized spacial score (nSPS) is 10.8. The third-order valence-electron chi connectivity index (χ3n) is 3.31.